The summed E-state index contributed by atoms with van der Waals surface area (Å²) in [6.45, 7) is 5.73. The fourth-order valence-corrected chi connectivity index (χ4v) is 4.51. The second-order valence-corrected chi connectivity index (χ2v) is 6.35. The van der Waals surface area contributed by atoms with Gasteiger partial charge in [0.25, 0.3) is 0 Å². The third-order valence-electron chi connectivity index (χ3n) is 5.76. The Hall–Kier alpha value is -0.120. The molecule has 1 heterocycles. The standard InChI is InChI=1S/C14H24O3/c1-11-5-8-14(16-9-10-17-14)12(2)6-3-4-7-13(11,12)15/h11,15H,3-10H2,1-2H3/t11?,12-,13+/m1/s1. The van der Waals surface area contributed by atoms with E-state index in [0.29, 0.717) is 19.1 Å². The van der Waals surface area contributed by atoms with Crippen LogP contribution in [0.25, 0.3) is 0 Å². The summed E-state index contributed by atoms with van der Waals surface area (Å²) in [7, 11) is 0. The Morgan fingerprint density at radius 1 is 1.06 bits per heavy atom. The molecule has 1 saturated heterocycles. The first-order valence-corrected chi connectivity index (χ1v) is 7.04. The van der Waals surface area contributed by atoms with Crippen LogP contribution in [-0.2, 0) is 9.47 Å². The highest BCUT2D eigenvalue weighted by atomic mass is 16.7. The summed E-state index contributed by atoms with van der Waals surface area (Å²) in [4.78, 5) is 0. The SMILES string of the molecule is CC1CCC2(OCCO2)[C@]2(C)CCCC[C@]12O. The molecule has 1 unspecified atom stereocenters. The first kappa shape index (κ1) is 11.9. The summed E-state index contributed by atoms with van der Waals surface area (Å²) in [5.74, 6) is -0.152. The molecular formula is C14H24O3. The molecule has 98 valence electrons. The minimum absolute atomic E-state index is 0.230. The molecule has 2 aliphatic carbocycles. The molecule has 0 aromatic rings. The van der Waals surface area contributed by atoms with Crippen LogP contribution in [0, 0.1) is 11.3 Å². The van der Waals surface area contributed by atoms with Crippen LogP contribution in [0.5, 0.6) is 0 Å². The first-order valence-electron chi connectivity index (χ1n) is 7.04. The summed E-state index contributed by atoms with van der Waals surface area (Å²) in [5.41, 5.74) is -0.833. The third-order valence-corrected chi connectivity index (χ3v) is 5.76. The molecule has 0 bridgehead atoms. The zero-order valence-electron chi connectivity index (χ0n) is 11.0. The molecule has 1 aliphatic heterocycles. The highest BCUT2D eigenvalue weighted by Gasteiger charge is 2.67. The fraction of sp³-hybridized carbons (Fsp3) is 1.00. The van der Waals surface area contributed by atoms with Gasteiger partial charge in [-0.3, -0.25) is 0 Å². The van der Waals surface area contributed by atoms with Gasteiger partial charge in [-0.05, 0) is 25.2 Å². The number of hydrogen-bond donors (Lipinski definition) is 1. The van der Waals surface area contributed by atoms with Crippen molar-refractivity contribution in [1.29, 1.82) is 0 Å². The summed E-state index contributed by atoms with van der Waals surface area (Å²) in [6.07, 6.45) is 6.18. The molecule has 1 N–H and O–H groups in total. The molecular weight excluding hydrogens is 216 g/mol. The maximum atomic E-state index is 11.2. The van der Waals surface area contributed by atoms with Crippen LogP contribution in [0.3, 0.4) is 0 Å². The molecule has 0 amide bonds. The number of fused-ring (bicyclic) bond motifs is 2. The second-order valence-electron chi connectivity index (χ2n) is 6.35. The van der Waals surface area contributed by atoms with Crippen molar-refractivity contribution in [1.82, 2.24) is 0 Å². The Bertz CT molecular complexity index is 307. The molecule has 0 aromatic carbocycles. The minimum atomic E-state index is -0.603. The average Bonchev–Trinajstić information content (AvgIpc) is 2.78. The summed E-state index contributed by atoms with van der Waals surface area (Å²) < 4.78 is 12.0. The Kier molecular flexibility index (Phi) is 2.59. The zero-order chi connectivity index (χ0) is 12.1. The lowest BCUT2D eigenvalue weighted by Gasteiger charge is -2.61. The van der Waals surface area contributed by atoms with Crippen LogP contribution in [0.2, 0.25) is 0 Å². The second kappa shape index (κ2) is 3.69. The van der Waals surface area contributed by atoms with Crippen molar-refractivity contribution < 1.29 is 14.6 Å². The van der Waals surface area contributed by atoms with E-state index in [2.05, 4.69) is 13.8 Å². The molecule has 3 heteroatoms. The highest BCUT2D eigenvalue weighted by Crippen LogP contribution is 2.62. The van der Waals surface area contributed by atoms with Crippen molar-refractivity contribution in [3.05, 3.63) is 0 Å². The van der Waals surface area contributed by atoms with Crippen molar-refractivity contribution >= 4 is 0 Å². The Morgan fingerprint density at radius 3 is 2.41 bits per heavy atom. The van der Waals surface area contributed by atoms with E-state index >= 15 is 0 Å². The van der Waals surface area contributed by atoms with Gasteiger partial charge in [0.05, 0.1) is 24.2 Å². The highest BCUT2D eigenvalue weighted by molar-refractivity contribution is 5.13. The molecule has 3 rings (SSSR count). The van der Waals surface area contributed by atoms with Gasteiger partial charge < -0.3 is 14.6 Å². The smallest absolute Gasteiger partial charge is 0.176 e. The molecule has 3 aliphatic rings. The predicted octanol–water partition coefficient (Wildman–Crippen LogP) is 2.47. The van der Waals surface area contributed by atoms with E-state index in [4.69, 9.17) is 9.47 Å². The largest absolute Gasteiger partial charge is 0.389 e. The summed E-state index contributed by atoms with van der Waals surface area (Å²) >= 11 is 0. The average molecular weight is 240 g/mol. The lowest BCUT2D eigenvalue weighted by atomic mass is 9.51. The zero-order valence-corrected chi connectivity index (χ0v) is 11.0. The number of aliphatic hydroxyl groups is 1. The van der Waals surface area contributed by atoms with Gasteiger partial charge in [0.15, 0.2) is 5.79 Å². The van der Waals surface area contributed by atoms with E-state index in [9.17, 15) is 5.11 Å². The summed E-state index contributed by atoms with van der Waals surface area (Å²) in [6, 6.07) is 0. The van der Waals surface area contributed by atoms with Crippen LogP contribution in [0.1, 0.15) is 52.4 Å². The molecule has 2 saturated carbocycles. The first-order chi connectivity index (χ1) is 8.04. The lowest BCUT2D eigenvalue weighted by Crippen LogP contribution is -2.67. The van der Waals surface area contributed by atoms with Crippen LogP contribution in [-0.4, -0.2) is 29.7 Å². The Morgan fingerprint density at radius 2 is 1.71 bits per heavy atom. The predicted molar refractivity (Wildman–Crippen MR) is 64.6 cm³/mol. The minimum Gasteiger partial charge on any atom is -0.389 e. The van der Waals surface area contributed by atoms with Crippen molar-refractivity contribution in [2.24, 2.45) is 11.3 Å². The van der Waals surface area contributed by atoms with Gasteiger partial charge >= 0.3 is 0 Å². The third kappa shape index (κ3) is 1.33. The molecule has 3 atom stereocenters. The molecule has 1 spiro atoms. The van der Waals surface area contributed by atoms with Gasteiger partial charge in [-0.1, -0.05) is 26.7 Å². The molecule has 3 fully saturated rings. The van der Waals surface area contributed by atoms with Crippen LogP contribution in [0.15, 0.2) is 0 Å². The topological polar surface area (TPSA) is 38.7 Å². The van der Waals surface area contributed by atoms with Crippen LogP contribution >= 0.6 is 0 Å². The van der Waals surface area contributed by atoms with E-state index in [1.165, 1.54) is 6.42 Å². The van der Waals surface area contributed by atoms with Gasteiger partial charge in [-0.25, -0.2) is 0 Å². The van der Waals surface area contributed by atoms with Crippen molar-refractivity contribution in [3.63, 3.8) is 0 Å². The van der Waals surface area contributed by atoms with Gasteiger partial charge in [-0.2, -0.15) is 0 Å². The maximum Gasteiger partial charge on any atom is 0.176 e. The van der Waals surface area contributed by atoms with Gasteiger partial charge in [-0.15, -0.1) is 0 Å². The normalized spacial score (nSPS) is 49.2. The van der Waals surface area contributed by atoms with Crippen molar-refractivity contribution in [2.45, 2.75) is 63.8 Å². The van der Waals surface area contributed by atoms with Crippen molar-refractivity contribution in [3.8, 4) is 0 Å². The summed E-state index contributed by atoms with van der Waals surface area (Å²) in [5, 5.41) is 11.2. The van der Waals surface area contributed by atoms with E-state index in [1.54, 1.807) is 0 Å². The number of ether oxygens (including phenoxy) is 2. The van der Waals surface area contributed by atoms with E-state index in [1.807, 2.05) is 0 Å². The molecule has 0 aromatic heterocycles. The van der Waals surface area contributed by atoms with E-state index < -0.39 is 11.4 Å². The molecule has 0 radical (unpaired) electrons. The Labute approximate surface area is 103 Å². The lowest BCUT2D eigenvalue weighted by molar-refractivity contribution is -0.331. The van der Waals surface area contributed by atoms with Gasteiger partial charge in [0.2, 0.25) is 0 Å². The maximum absolute atomic E-state index is 11.2. The van der Waals surface area contributed by atoms with Gasteiger partial charge in [0, 0.05) is 6.42 Å². The number of hydrogen-bond acceptors (Lipinski definition) is 3. The molecule has 17 heavy (non-hydrogen) atoms. The number of rotatable bonds is 0. The fourth-order valence-electron chi connectivity index (χ4n) is 4.51. The van der Waals surface area contributed by atoms with Crippen LogP contribution < -0.4 is 0 Å². The Balaban J connectivity index is 2.03. The molecule has 3 nitrogen and oxygen atoms in total. The monoisotopic (exact) mass is 240 g/mol. The van der Waals surface area contributed by atoms with Gasteiger partial charge in [0.1, 0.15) is 0 Å². The van der Waals surface area contributed by atoms with Crippen LogP contribution in [0.4, 0.5) is 0 Å². The van der Waals surface area contributed by atoms with E-state index in [-0.39, 0.29) is 5.41 Å². The van der Waals surface area contributed by atoms with E-state index in [0.717, 1.165) is 32.1 Å². The van der Waals surface area contributed by atoms with Crippen molar-refractivity contribution in [2.75, 3.05) is 13.2 Å². The quantitative estimate of drug-likeness (QED) is 0.707.